The lowest BCUT2D eigenvalue weighted by molar-refractivity contribution is 0.0347. The third-order valence-corrected chi connectivity index (χ3v) is 6.65. The SMILES string of the molecule is N#CC(C#N)C(=NC1CCCCC1)C1(CN2CCOCC2)C=C(Cc2ccc(F)cc2)C=N1. The zero-order valence-corrected chi connectivity index (χ0v) is 18.9. The molecular formula is C26H30FN5O. The first-order valence-electron chi connectivity index (χ1n) is 11.8. The van der Waals surface area contributed by atoms with Crippen molar-refractivity contribution in [2.75, 3.05) is 32.8 Å². The normalized spacial score (nSPS) is 24.5. The van der Waals surface area contributed by atoms with E-state index in [2.05, 4.69) is 23.1 Å². The van der Waals surface area contributed by atoms with Crippen LogP contribution in [0.15, 0.2) is 45.9 Å². The number of aliphatic imine (C=N–C) groups is 2. The lowest BCUT2D eigenvalue weighted by Gasteiger charge is -2.36. The van der Waals surface area contributed by atoms with Crippen LogP contribution in [-0.2, 0) is 11.2 Å². The molecule has 1 saturated heterocycles. The van der Waals surface area contributed by atoms with Crippen LogP contribution in [0.5, 0.6) is 0 Å². The fourth-order valence-corrected chi connectivity index (χ4v) is 4.92. The second kappa shape index (κ2) is 10.8. The minimum Gasteiger partial charge on any atom is -0.379 e. The van der Waals surface area contributed by atoms with Gasteiger partial charge >= 0.3 is 0 Å². The molecule has 33 heavy (non-hydrogen) atoms. The molecule has 1 aliphatic carbocycles. The number of hydrogen-bond donors (Lipinski definition) is 0. The van der Waals surface area contributed by atoms with Gasteiger partial charge in [-0.25, -0.2) is 4.39 Å². The molecular weight excluding hydrogens is 417 g/mol. The molecule has 2 heterocycles. The van der Waals surface area contributed by atoms with E-state index in [-0.39, 0.29) is 11.9 Å². The molecule has 1 aromatic rings. The van der Waals surface area contributed by atoms with Gasteiger partial charge < -0.3 is 4.74 Å². The highest BCUT2D eigenvalue weighted by Crippen LogP contribution is 2.32. The molecule has 1 unspecified atom stereocenters. The van der Waals surface area contributed by atoms with Crippen molar-refractivity contribution >= 4 is 11.9 Å². The van der Waals surface area contributed by atoms with Gasteiger partial charge in [0, 0.05) is 25.8 Å². The van der Waals surface area contributed by atoms with Crippen LogP contribution in [0.25, 0.3) is 0 Å². The predicted octanol–water partition coefficient (Wildman–Crippen LogP) is 3.89. The molecule has 0 radical (unpaired) electrons. The largest absolute Gasteiger partial charge is 0.379 e. The van der Waals surface area contributed by atoms with Crippen LogP contribution in [0.4, 0.5) is 4.39 Å². The van der Waals surface area contributed by atoms with E-state index >= 15 is 0 Å². The summed E-state index contributed by atoms with van der Waals surface area (Å²) in [5, 5.41) is 19.7. The number of nitriles is 2. The lowest BCUT2D eigenvalue weighted by Crippen LogP contribution is -2.51. The van der Waals surface area contributed by atoms with Crippen molar-refractivity contribution in [1.29, 1.82) is 10.5 Å². The molecule has 7 heteroatoms. The summed E-state index contributed by atoms with van der Waals surface area (Å²) in [5.74, 6) is -1.21. The van der Waals surface area contributed by atoms with Crippen LogP contribution in [0.1, 0.15) is 37.7 Å². The van der Waals surface area contributed by atoms with Gasteiger partial charge in [-0.05, 0) is 48.6 Å². The smallest absolute Gasteiger partial charge is 0.173 e. The van der Waals surface area contributed by atoms with E-state index in [1.54, 1.807) is 12.1 Å². The molecule has 172 valence electrons. The number of benzene rings is 1. The maximum Gasteiger partial charge on any atom is 0.173 e. The first-order valence-corrected chi connectivity index (χ1v) is 11.8. The van der Waals surface area contributed by atoms with Crippen molar-refractivity contribution in [2.45, 2.75) is 50.1 Å². The molecule has 0 N–H and O–H groups in total. The first-order chi connectivity index (χ1) is 16.1. The van der Waals surface area contributed by atoms with Gasteiger partial charge in [-0.1, -0.05) is 31.4 Å². The Morgan fingerprint density at radius 3 is 2.52 bits per heavy atom. The van der Waals surface area contributed by atoms with Crippen molar-refractivity contribution in [2.24, 2.45) is 15.9 Å². The number of halogens is 1. The van der Waals surface area contributed by atoms with Gasteiger partial charge in [0.2, 0.25) is 0 Å². The molecule has 6 nitrogen and oxygen atoms in total. The number of morpholine rings is 1. The third kappa shape index (κ3) is 5.74. The quantitative estimate of drug-likeness (QED) is 0.594. The fraction of sp³-hybridized carbons (Fsp3) is 0.538. The summed E-state index contributed by atoms with van der Waals surface area (Å²) in [7, 11) is 0. The van der Waals surface area contributed by atoms with Crippen LogP contribution < -0.4 is 0 Å². The summed E-state index contributed by atoms with van der Waals surface area (Å²) in [6.45, 7) is 3.42. The number of rotatable bonds is 7. The number of hydrogen-bond acceptors (Lipinski definition) is 6. The van der Waals surface area contributed by atoms with E-state index in [1.807, 2.05) is 6.21 Å². The summed E-state index contributed by atoms with van der Waals surface area (Å²) >= 11 is 0. The van der Waals surface area contributed by atoms with Gasteiger partial charge in [-0.2, -0.15) is 10.5 Å². The average molecular weight is 448 g/mol. The van der Waals surface area contributed by atoms with Crippen molar-refractivity contribution in [1.82, 2.24) is 4.90 Å². The molecule has 2 fully saturated rings. The molecule has 0 bridgehead atoms. The molecule has 0 amide bonds. The Labute approximate surface area is 195 Å². The second-order valence-electron chi connectivity index (χ2n) is 9.09. The summed E-state index contributed by atoms with van der Waals surface area (Å²) in [4.78, 5) is 12.3. The highest BCUT2D eigenvalue weighted by atomic mass is 19.1. The maximum atomic E-state index is 13.3. The van der Waals surface area contributed by atoms with Gasteiger partial charge in [0.05, 0.1) is 37.1 Å². The van der Waals surface area contributed by atoms with E-state index in [0.717, 1.165) is 49.9 Å². The summed E-state index contributed by atoms with van der Waals surface area (Å²) in [6.07, 6.45) is 9.94. The van der Waals surface area contributed by atoms with Gasteiger partial charge in [-0.3, -0.25) is 14.9 Å². The van der Waals surface area contributed by atoms with Gasteiger partial charge in [-0.15, -0.1) is 0 Å². The van der Waals surface area contributed by atoms with Crippen LogP contribution in [-0.4, -0.2) is 61.3 Å². The first kappa shape index (κ1) is 23.3. The van der Waals surface area contributed by atoms with Crippen molar-refractivity contribution in [3.63, 3.8) is 0 Å². The number of nitrogens with zero attached hydrogens (tertiary/aromatic N) is 5. The monoisotopic (exact) mass is 447 g/mol. The van der Waals surface area contributed by atoms with Gasteiger partial charge in [0.1, 0.15) is 11.4 Å². The Morgan fingerprint density at radius 1 is 1.15 bits per heavy atom. The van der Waals surface area contributed by atoms with Gasteiger partial charge in [0.25, 0.3) is 0 Å². The van der Waals surface area contributed by atoms with E-state index < -0.39 is 11.5 Å². The molecule has 1 atom stereocenters. The number of allylic oxidation sites excluding steroid dienone is 1. The summed E-state index contributed by atoms with van der Waals surface area (Å²) < 4.78 is 18.9. The van der Waals surface area contributed by atoms with Gasteiger partial charge in [0.15, 0.2) is 5.92 Å². The van der Waals surface area contributed by atoms with E-state index in [4.69, 9.17) is 14.7 Å². The lowest BCUT2D eigenvalue weighted by atomic mass is 9.83. The van der Waals surface area contributed by atoms with Crippen molar-refractivity contribution in [3.05, 3.63) is 47.3 Å². The number of ether oxygens (including phenoxy) is 1. The maximum absolute atomic E-state index is 13.3. The topological polar surface area (TPSA) is 84.8 Å². The summed E-state index contributed by atoms with van der Waals surface area (Å²) in [5.41, 5.74) is 1.69. The van der Waals surface area contributed by atoms with Crippen LogP contribution in [0.2, 0.25) is 0 Å². The van der Waals surface area contributed by atoms with Crippen LogP contribution >= 0.6 is 0 Å². The Kier molecular flexibility index (Phi) is 7.65. The Hall–Kier alpha value is -2.87. The van der Waals surface area contributed by atoms with Crippen molar-refractivity contribution < 1.29 is 9.13 Å². The molecule has 0 aromatic heterocycles. The molecule has 4 rings (SSSR count). The molecule has 0 spiro atoms. The summed E-state index contributed by atoms with van der Waals surface area (Å²) in [6, 6.07) is 10.9. The van der Waals surface area contributed by atoms with E-state index in [9.17, 15) is 14.9 Å². The third-order valence-electron chi connectivity index (χ3n) is 6.65. The standard InChI is InChI=1S/C26H30FN5O/c27-23-8-6-20(7-9-23)14-21-15-26(30-18-21,19-32-10-12-33-13-11-32)25(22(16-28)17-29)31-24-4-2-1-3-5-24/h6-9,15,18,22,24H,1-5,10-14,19H2. The highest BCUT2D eigenvalue weighted by Gasteiger charge is 2.42. The second-order valence-corrected chi connectivity index (χ2v) is 9.09. The fourth-order valence-electron chi connectivity index (χ4n) is 4.92. The van der Waals surface area contributed by atoms with Crippen LogP contribution in [0, 0.1) is 34.4 Å². The Bertz CT molecular complexity index is 977. The molecule has 2 aliphatic heterocycles. The minimum absolute atomic E-state index is 0.129. The highest BCUT2D eigenvalue weighted by molar-refractivity contribution is 6.05. The van der Waals surface area contributed by atoms with E-state index in [1.165, 1.54) is 18.6 Å². The molecule has 1 saturated carbocycles. The zero-order chi connectivity index (χ0) is 23.1. The average Bonchev–Trinajstić information content (AvgIpc) is 3.25. The van der Waals surface area contributed by atoms with Crippen molar-refractivity contribution in [3.8, 4) is 12.1 Å². The Morgan fingerprint density at radius 2 is 1.85 bits per heavy atom. The van der Waals surface area contributed by atoms with Crippen LogP contribution in [0.3, 0.4) is 0 Å². The predicted molar refractivity (Wildman–Crippen MR) is 126 cm³/mol. The molecule has 1 aromatic carbocycles. The minimum atomic E-state index is -0.952. The Balaban J connectivity index is 1.70. The van der Waals surface area contributed by atoms with E-state index in [0.29, 0.717) is 31.9 Å². The molecule has 3 aliphatic rings. The zero-order valence-electron chi connectivity index (χ0n) is 18.9.